The molecule has 0 aliphatic heterocycles. The molecule has 1 unspecified atom stereocenters. The average molecular weight is 372 g/mol. The van der Waals surface area contributed by atoms with Crippen molar-refractivity contribution in [2.45, 2.75) is 19.4 Å². The Hall–Kier alpha value is -0.200. The van der Waals surface area contributed by atoms with Crippen LogP contribution in [-0.2, 0) is 6.42 Å². The van der Waals surface area contributed by atoms with Gasteiger partial charge in [-0.15, -0.1) is 34.0 Å². The molecule has 100 valence electrons. The number of nitrogens with one attached hydrogen (secondary N) is 1. The van der Waals surface area contributed by atoms with E-state index in [1.165, 1.54) is 23.6 Å². The van der Waals surface area contributed by atoms with Crippen molar-refractivity contribution in [3.8, 4) is 0 Å². The summed E-state index contributed by atoms with van der Waals surface area (Å²) in [4.78, 5) is 2.88. The Morgan fingerprint density at radius 3 is 2.84 bits per heavy atom. The van der Waals surface area contributed by atoms with Crippen LogP contribution in [0.5, 0.6) is 0 Å². The van der Waals surface area contributed by atoms with Gasteiger partial charge in [-0.2, -0.15) is 0 Å². The van der Waals surface area contributed by atoms with Crippen LogP contribution in [-0.4, -0.2) is 6.54 Å². The van der Waals surface area contributed by atoms with E-state index < -0.39 is 0 Å². The highest BCUT2D eigenvalue weighted by Gasteiger charge is 2.15. The van der Waals surface area contributed by atoms with Crippen LogP contribution in [0.3, 0.4) is 0 Å². The standard InChI is InChI=1S/C14H14BrNS3/c1-2-16-11(6-10-5-9(15)8-18-10)13-7-14-12(19-13)3-4-17-14/h3-5,7-8,11,16H,2,6H2,1H3. The molecule has 0 aromatic carbocycles. The second kappa shape index (κ2) is 6.06. The van der Waals surface area contributed by atoms with Gasteiger partial charge in [0, 0.05) is 41.5 Å². The van der Waals surface area contributed by atoms with Crippen LogP contribution >= 0.6 is 49.9 Å². The van der Waals surface area contributed by atoms with Crippen LogP contribution in [0.25, 0.3) is 9.40 Å². The molecule has 0 spiro atoms. The summed E-state index contributed by atoms with van der Waals surface area (Å²) in [6, 6.07) is 7.23. The van der Waals surface area contributed by atoms with Gasteiger partial charge in [-0.3, -0.25) is 0 Å². The Balaban J connectivity index is 1.85. The molecular weight excluding hydrogens is 358 g/mol. The summed E-state index contributed by atoms with van der Waals surface area (Å²) in [5, 5.41) is 7.94. The predicted molar refractivity (Wildman–Crippen MR) is 91.8 cm³/mol. The van der Waals surface area contributed by atoms with Gasteiger partial charge in [-0.25, -0.2) is 0 Å². The van der Waals surface area contributed by atoms with Crippen molar-refractivity contribution in [1.29, 1.82) is 0 Å². The Morgan fingerprint density at radius 1 is 1.26 bits per heavy atom. The summed E-state index contributed by atoms with van der Waals surface area (Å²) in [5.41, 5.74) is 0. The van der Waals surface area contributed by atoms with Gasteiger partial charge in [0.2, 0.25) is 0 Å². The third kappa shape index (κ3) is 3.11. The fourth-order valence-electron chi connectivity index (χ4n) is 2.14. The highest BCUT2D eigenvalue weighted by Crippen LogP contribution is 2.35. The van der Waals surface area contributed by atoms with Crippen molar-refractivity contribution in [1.82, 2.24) is 5.32 Å². The van der Waals surface area contributed by atoms with Crippen molar-refractivity contribution in [2.24, 2.45) is 0 Å². The zero-order valence-electron chi connectivity index (χ0n) is 10.5. The molecule has 1 atom stereocenters. The van der Waals surface area contributed by atoms with Crippen molar-refractivity contribution < 1.29 is 0 Å². The number of halogens is 1. The summed E-state index contributed by atoms with van der Waals surface area (Å²) in [6.45, 7) is 3.18. The zero-order valence-corrected chi connectivity index (χ0v) is 14.5. The molecule has 0 fully saturated rings. The quantitative estimate of drug-likeness (QED) is 0.608. The fourth-order valence-corrected chi connectivity index (χ4v) is 5.83. The fraction of sp³-hybridized carbons (Fsp3) is 0.286. The number of fused-ring (bicyclic) bond motifs is 1. The zero-order chi connectivity index (χ0) is 13.2. The lowest BCUT2D eigenvalue weighted by Crippen LogP contribution is -2.21. The van der Waals surface area contributed by atoms with E-state index in [1.807, 2.05) is 34.0 Å². The van der Waals surface area contributed by atoms with Gasteiger partial charge in [0.05, 0.1) is 0 Å². The molecule has 0 bridgehead atoms. The number of hydrogen-bond donors (Lipinski definition) is 1. The minimum absolute atomic E-state index is 0.431. The van der Waals surface area contributed by atoms with Crippen LogP contribution in [0.4, 0.5) is 0 Å². The molecule has 3 aromatic rings. The van der Waals surface area contributed by atoms with Crippen molar-refractivity contribution in [3.63, 3.8) is 0 Å². The van der Waals surface area contributed by atoms with E-state index >= 15 is 0 Å². The smallest absolute Gasteiger partial charge is 0.0464 e. The summed E-state index contributed by atoms with van der Waals surface area (Å²) in [5.74, 6) is 0. The molecule has 0 radical (unpaired) electrons. The Labute approximate surface area is 133 Å². The van der Waals surface area contributed by atoms with Gasteiger partial charge in [-0.1, -0.05) is 6.92 Å². The third-order valence-electron chi connectivity index (χ3n) is 2.98. The largest absolute Gasteiger partial charge is 0.309 e. The van der Waals surface area contributed by atoms with Gasteiger partial charge in [0.15, 0.2) is 0 Å². The van der Waals surface area contributed by atoms with E-state index in [-0.39, 0.29) is 0 Å². The molecule has 0 saturated heterocycles. The van der Waals surface area contributed by atoms with Gasteiger partial charge >= 0.3 is 0 Å². The summed E-state index contributed by atoms with van der Waals surface area (Å²) in [7, 11) is 0. The first-order valence-corrected chi connectivity index (χ1v) is 9.56. The van der Waals surface area contributed by atoms with E-state index in [0.29, 0.717) is 6.04 Å². The Bertz CT molecular complexity index is 638. The molecule has 19 heavy (non-hydrogen) atoms. The van der Waals surface area contributed by atoms with Crippen LogP contribution in [0.2, 0.25) is 0 Å². The number of likely N-dealkylation sites (N-methyl/N-ethyl adjacent to an activating group) is 1. The maximum absolute atomic E-state index is 3.61. The lowest BCUT2D eigenvalue weighted by molar-refractivity contribution is 0.562. The second-order valence-electron chi connectivity index (χ2n) is 4.34. The molecule has 0 aliphatic rings. The summed E-state index contributed by atoms with van der Waals surface area (Å²) in [6.07, 6.45) is 1.07. The minimum atomic E-state index is 0.431. The van der Waals surface area contributed by atoms with E-state index in [4.69, 9.17) is 0 Å². The van der Waals surface area contributed by atoms with Crippen molar-refractivity contribution in [3.05, 3.63) is 43.2 Å². The van der Waals surface area contributed by atoms with Gasteiger partial charge < -0.3 is 5.32 Å². The Kier molecular flexibility index (Phi) is 4.39. The van der Waals surface area contributed by atoms with Crippen LogP contribution in [0, 0.1) is 0 Å². The summed E-state index contributed by atoms with van der Waals surface area (Å²) < 4.78 is 4.01. The first kappa shape index (κ1) is 13.8. The topological polar surface area (TPSA) is 12.0 Å². The highest BCUT2D eigenvalue weighted by atomic mass is 79.9. The normalized spacial score (nSPS) is 13.2. The van der Waals surface area contributed by atoms with Gasteiger partial charge in [-0.05, 0) is 46.1 Å². The molecular formula is C14H14BrNS3. The maximum Gasteiger partial charge on any atom is 0.0464 e. The van der Waals surface area contributed by atoms with Crippen LogP contribution in [0.15, 0.2) is 33.4 Å². The highest BCUT2D eigenvalue weighted by molar-refractivity contribution is 9.10. The van der Waals surface area contributed by atoms with Crippen LogP contribution in [0.1, 0.15) is 22.7 Å². The molecule has 3 heterocycles. The average Bonchev–Trinajstić information content (AvgIpc) is 3.03. The molecule has 3 aromatic heterocycles. The number of thiophene rings is 3. The molecule has 3 rings (SSSR count). The first-order chi connectivity index (χ1) is 9.26. The van der Waals surface area contributed by atoms with Crippen molar-refractivity contribution >= 4 is 59.3 Å². The third-order valence-corrected chi connectivity index (χ3v) is 6.91. The first-order valence-electron chi connectivity index (χ1n) is 6.19. The van der Waals surface area contributed by atoms with Gasteiger partial charge in [0.25, 0.3) is 0 Å². The molecule has 0 aliphatic carbocycles. The van der Waals surface area contributed by atoms with Gasteiger partial charge in [0.1, 0.15) is 0 Å². The Morgan fingerprint density at radius 2 is 2.16 bits per heavy atom. The molecule has 1 N–H and O–H groups in total. The molecule has 5 heteroatoms. The lowest BCUT2D eigenvalue weighted by Gasteiger charge is -2.15. The summed E-state index contributed by atoms with van der Waals surface area (Å²) >= 11 is 9.11. The number of hydrogen-bond acceptors (Lipinski definition) is 4. The predicted octanol–water partition coefficient (Wildman–Crippen LogP) is 5.68. The van der Waals surface area contributed by atoms with E-state index in [0.717, 1.165) is 13.0 Å². The second-order valence-corrected chi connectivity index (χ2v) is 8.32. The molecule has 0 saturated carbocycles. The van der Waals surface area contributed by atoms with Crippen LogP contribution < -0.4 is 5.32 Å². The minimum Gasteiger partial charge on any atom is -0.309 e. The number of rotatable bonds is 5. The molecule has 1 nitrogen and oxygen atoms in total. The molecule has 0 amide bonds. The van der Waals surface area contributed by atoms with E-state index in [9.17, 15) is 0 Å². The lowest BCUT2D eigenvalue weighted by atomic mass is 10.1. The van der Waals surface area contributed by atoms with E-state index in [1.54, 1.807) is 0 Å². The van der Waals surface area contributed by atoms with Crippen molar-refractivity contribution in [2.75, 3.05) is 6.54 Å². The van der Waals surface area contributed by atoms with E-state index in [2.05, 4.69) is 57.1 Å². The monoisotopic (exact) mass is 371 g/mol. The maximum atomic E-state index is 3.61. The SMILES string of the molecule is CCNC(Cc1cc(Br)cs1)c1cc2sccc2s1.